The van der Waals surface area contributed by atoms with Crippen molar-refractivity contribution in [3.63, 3.8) is 0 Å². The van der Waals surface area contributed by atoms with Crippen LogP contribution in [0.3, 0.4) is 0 Å². The highest BCUT2D eigenvalue weighted by molar-refractivity contribution is 6.93. The van der Waals surface area contributed by atoms with E-state index in [1.54, 1.807) is 0 Å². The molecule has 7 heavy (non-hydrogen) atoms. The monoisotopic (exact) mass is 134 g/mol. The summed E-state index contributed by atoms with van der Waals surface area (Å²) in [5.74, 6) is 0. The standard InChI is InChI=1S/C5H11ClSi/c1-2-3-4-5-7-6/h2H,1,3-5,7H2. The largest absolute Gasteiger partial charge is 0.176 e. The lowest BCUT2D eigenvalue weighted by Crippen LogP contribution is -1.74. The molecular formula is C5H11ClSi. The lowest BCUT2D eigenvalue weighted by atomic mass is 10.3. The fourth-order valence-electron chi connectivity index (χ4n) is 0.383. The Bertz CT molecular complexity index is 45.3. The van der Waals surface area contributed by atoms with Gasteiger partial charge in [-0.15, -0.1) is 6.58 Å². The van der Waals surface area contributed by atoms with E-state index in [4.69, 9.17) is 11.1 Å². The van der Waals surface area contributed by atoms with Crippen LogP contribution >= 0.6 is 11.1 Å². The van der Waals surface area contributed by atoms with Crippen molar-refractivity contribution in [1.29, 1.82) is 0 Å². The van der Waals surface area contributed by atoms with Crippen LogP contribution in [-0.2, 0) is 0 Å². The summed E-state index contributed by atoms with van der Waals surface area (Å²) in [6.45, 7) is 3.60. The molecule has 0 fully saturated rings. The first-order chi connectivity index (χ1) is 3.41. The lowest BCUT2D eigenvalue weighted by molar-refractivity contribution is 0.956. The molecule has 0 aromatic heterocycles. The second-order valence-corrected chi connectivity index (χ2v) is 3.69. The van der Waals surface area contributed by atoms with Crippen LogP contribution in [-0.4, -0.2) is 8.83 Å². The summed E-state index contributed by atoms with van der Waals surface area (Å²) in [4.78, 5) is 0. The predicted molar refractivity (Wildman–Crippen MR) is 38.6 cm³/mol. The van der Waals surface area contributed by atoms with Crippen LogP contribution in [0.4, 0.5) is 0 Å². The molecule has 0 bridgehead atoms. The molecule has 0 aliphatic heterocycles. The van der Waals surface area contributed by atoms with E-state index in [0.29, 0.717) is 0 Å². The molecule has 0 rings (SSSR count). The number of allylic oxidation sites excluding steroid dienone is 1. The molecule has 0 aromatic rings. The Kier molecular flexibility index (Phi) is 6.47. The Morgan fingerprint density at radius 1 is 1.71 bits per heavy atom. The maximum Gasteiger partial charge on any atom is 0.125 e. The molecule has 0 unspecified atom stereocenters. The van der Waals surface area contributed by atoms with Crippen molar-refractivity contribution < 1.29 is 0 Å². The average molecular weight is 135 g/mol. The minimum absolute atomic E-state index is 0.182. The average Bonchev–Trinajstić information content (AvgIpc) is 1.69. The van der Waals surface area contributed by atoms with Crippen molar-refractivity contribution in [2.24, 2.45) is 0 Å². The molecule has 0 aliphatic carbocycles. The maximum absolute atomic E-state index is 5.54. The third kappa shape index (κ3) is 6.25. The number of unbranched alkanes of at least 4 members (excludes halogenated alkanes) is 1. The molecular weight excluding hydrogens is 124 g/mol. The highest BCUT2D eigenvalue weighted by atomic mass is 35.6. The maximum atomic E-state index is 5.54. The molecule has 0 heterocycles. The van der Waals surface area contributed by atoms with Crippen molar-refractivity contribution >= 4 is 19.9 Å². The van der Waals surface area contributed by atoms with Crippen LogP contribution in [0.2, 0.25) is 6.04 Å². The van der Waals surface area contributed by atoms with Gasteiger partial charge in [0.2, 0.25) is 0 Å². The third-order valence-electron chi connectivity index (χ3n) is 0.792. The van der Waals surface area contributed by atoms with Crippen molar-refractivity contribution in [3.8, 4) is 0 Å². The first-order valence-corrected chi connectivity index (χ1v) is 5.72. The molecule has 0 radical (unpaired) electrons. The summed E-state index contributed by atoms with van der Waals surface area (Å²) in [7, 11) is -0.182. The zero-order valence-corrected chi connectivity index (χ0v) is 6.66. The van der Waals surface area contributed by atoms with Gasteiger partial charge in [-0.2, -0.15) is 11.1 Å². The van der Waals surface area contributed by atoms with E-state index in [0.717, 1.165) is 6.42 Å². The Labute approximate surface area is 52.1 Å². The lowest BCUT2D eigenvalue weighted by Gasteiger charge is -1.85. The highest BCUT2D eigenvalue weighted by Crippen LogP contribution is 1.95. The minimum atomic E-state index is -0.182. The molecule has 0 amide bonds. The molecule has 0 spiro atoms. The van der Waals surface area contributed by atoms with Gasteiger partial charge in [-0.1, -0.05) is 12.5 Å². The molecule has 0 nitrogen and oxygen atoms in total. The van der Waals surface area contributed by atoms with Gasteiger partial charge in [0, 0.05) is 0 Å². The fourth-order valence-corrected chi connectivity index (χ4v) is 1.43. The van der Waals surface area contributed by atoms with Crippen LogP contribution in [0.5, 0.6) is 0 Å². The summed E-state index contributed by atoms with van der Waals surface area (Å²) < 4.78 is 0. The Balaban J connectivity index is 2.56. The number of hydrogen-bond acceptors (Lipinski definition) is 0. The van der Waals surface area contributed by atoms with Gasteiger partial charge in [0.25, 0.3) is 0 Å². The smallest absolute Gasteiger partial charge is 0.125 e. The highest BCUT2D eigenvalue weighted by Gasteiger charge is 1.80. The van der Waals surface area contributed by atoms with E-state index in [-0.39, 0.29) is 8.83 Å². The first-order valence-electron chi connectivity index (χ1n) is 2.58. The van der Waals surface area contributed by atoms with Crippen LogP contribution in [0.15, 0.2) is 12.7 Å². The van der Waals surface area contributed by atoms with E-state index in [1.807, 2.05) is 6.08 Å². The minimum Gasteiger partial charge on any atom is -0.176 e. The Hall–Kier alpha value is 0.247. The van der Waals surface area contributed by atoms with Gasteiger partial charge < -0.3 is 0 Å². The molecule has 2 heteroatoms. The zero-order valence-electron chi connectivity index (χ0n) is 4.49. The Morgan fingerprint density at radius 3 is 2.86 bits per heavy atom. The quantitative estimate of drug-likeness (QED) is 0.238. The van der Waals surface area contributed by atoms with E-state index in [2.05, 4.69) is 6.58 Å². The van der Waals surface area contributed by atoms with Crippen LogP contribution < -0.4 is 0 Å². The van der Waals surface area contributed by atoms with Crippen molar-refractivity contribution in [3.05, 3.63) is 12.7 Å². The second-order valence-electron chi connectivity index (χ2n) is 1.47. The molecule has 42 valence electrons. The summed E-state index contributed by atoms with van der Waals surface area (Å²) in [6.07, 6.45) is 4.33. The molecule has 0 saturated carbocycles. The van der Waals surface area contributed by atoms with Crippen LogP contribution in [0, 0.1) is 0 Å². The number of rotatable bonds is 4. The topological polar surface area (TPSA) is 0 Å². The van der Waals surface area contributed by atoms with Gasteiger partial charge in [0.05, 0.1) is 0 Å². The fraction of sp³-hybridized carbons (Fsp3) is 0.600. The molecule has 0 aromatic carbocycles. The SMILES string of the molecule is C=CCCC[SiH2]Cl. The number of hydrogen-bond donors (Lipinski definition) is 0. The van der Waals surface area contributed by atoms with Gasteiger partial charge >= 0.3 is 0 Å². The molecule has 0 atom stereocenters. The first kappa shape index (κ1) is 7.25. The summed E-state index contributed by atoms with van der Waals surface area (Å²) >= 11 is 5.54. The normalized spacial score (nSPS) is 10.4. The summed E-state index contributed by atoms with van der Waals surface area (Å²) in [6, 6.07) is 1.26. The van der Waals surface area contributed by atoms with E-state index < -0.39 is 0 Å². The van der Waals surface area contributed by atoms with E-state index in [1.165, 1.54) is 12.5 Å². The van der Waals surface area contributed by atoms with E-state index >= 15 is 0 Å². The third-order valence-corrected chi connectivity index (χ3v) is 2.36. The summed E-state index contributed by atoms with van der Waals surface area (Å²) in [5, 5.41) is 0. The van der Waals surface area contributed by atoms with Crippen molar-refractivity contribution in [1.82, 2.24) is 0 Å². The number of halogens is 1. The van der Waals surface area contributed by atoms with Gasteiger partial charge in [-0.3, -0.25) is 0 Å². The van der Waals surface area contributed by atoms with Crippen LogP contribution in [0.1, 0.15) is 12.8 Å². The van der Waals surface area contributed by atoms with Gasteiger partial charge in [0.15, 0.2) is 0 Å². The zero-order chi connectivity index (χ0) is 5.54. The van der Waals surface area contributed by atoms with Gasteiger partial charge in [-0.25, -0.2) is 0 Å². The van der Waals surface area contributed by atoms with Gasteiger partial charge in [0.1, 0.15) is 8.83 Å². The molecule has 0 saturated heterocycles. The molecule has 0 aliphatic rings. The van der Waals surface area contributed by atoms with E-state index in [9.17, 15) is 0 Å². The van der Waals surface area contributed by atoms with Gasteiger partial charge in [-0.05, 0) is 12.5 Å². The van der Waals surface area contributed by atoms with Crippen molar-refractivity contribution in [2.75, 3.05) is 0 Å². The second kappa shape index (κ2) is 6.25. The molecule has 0 N–H and O–H groups in total. The Morgan fingerprint density at radius 2 is 2.43 bits per heavy atom. The van der Waals surface area contributed by atoms with Crippen LogP contribution in [0.25, 0.3) is 0 Å². The summed E-state index contributed by atoms with van der Waals surface area (Å²) in [5.41, 5.74) is 0. The predicted octanol–water partition coefficient (Wildman–Crippen LogP) is 1.69. The van der Waals surface area contributed by atoms with Crippen molar-refractivity contribution in [2.45, 2.75) is 18.9 Å².